The van der Waals surface area contributed by atoms with Gasteiger partial charge in [-0.1, -0.05) is 18.2 Å². The van der Waals surface area contributed by atoms with Gasteiger partial charge in [0.1, 0.15) is 11.4 Å². The van der Waals surface area contributed by atoms with Crippen LogP contribution < -0.4 is 4.74 Å². The number of benzene rings is 2. The summed E-state index contributed by atoms with van der Waals surface area (Å²) in [4.78, 5) is 17.3. The molecule has 2 heterocycles. The average molecular weight is 387 g/mol. The number of aromatic nitrogens is 5. The Hall–Kier alpha value is -4.07. The van der Waals surface area contributed by atoms with Crippen molar-refractivity contribution in [2.75, 3.05) is 14.2 Å². The van der Waals surface area contributed by atoms with Gasteiger partial charge in [-0.25, -0.2) is 4.79 Å². The molecule has 2 aromatic heterocycles. The number of tetrazole rings is 1. The number of ether oxygens (including phenoxy) is 2. The summed E-state index contributed by atoms with van der Waals surface area (Å²) in [6.07, 6.45) is 1.68. The maximum absolute atomic E-state index is 11.6. The summed E-state index contributed by atoms with van der Waals surface area (Å²) in [6.45, 7) is 0. The largest absolute Gasteiger partial charge is 0.496 e. The summed E-state index contributed by atoms with van der Waals surface area (Å²) in [5.74, 6) is 0.705. The van der Waals surface area contributed by atoms with Crippen molar-refractivity contribution in [3.8, 4) is 34.1 Å². The monoisotopic (exact) mass is 387 g/mol. The Balaban J connectivity index is 1.65. The topological polar surface area (TPSA) is 92.0 Å². The smallest absolute Gasteiger partial charge is 0.337 e. The van der Waals surface area contributed by atoms with Gasteiger partial charge in [0.25, 0.3) is 0 Å². The minimum absolute atomic E-state index is 0.375. The van der Waals surface area contributed by atoms with Gasteiger partial charge in [-0.2, -0.15) is 0 Å². The molecule has 0 spiro atoms. The second kappa shape index (κ2) is 7.89. The Kier molecular flexibility index (Phi) is 4.98. The van der Waals surface area contributed by atoms with Crippen LogP contribution >= 0.6 is 0 Å². The maximum atomic E-state index is 11.6. The highest BCUT2D eigenvalue weighted by Crippen LogP contribution is 2.32. The third-order valence-corrected chi connectivity index (χ3v) is 4.34. The number of esters is 1. The first-order valence-corrected chi connectivity index (χ1v) is 8.78. The van der Waals surface area contributed by atoms with Crippen LogP contribution in [0.4, 0.5) is 0 Å². The molecule has 29 heavy (non-hydrogen) atoms. The van der Waals surface area contributed by atoms with E-state index in [-0.39, 0.29) is 5.97 Å². The number of carbonyl (C=O) groups is 1. The van der Waals surface area contributed by atoms with Gasteiger partial charge in [0.15, 0.2) is 0 Å². The van der Waals surface area contributed by atoms with Crippen molar-refractivity contribution in [2.45, 2.75) is 0 Å². The molecule has 0 N–H and O–H groups in total. The molecule has 0 radical (unpaired) electrons. The van der Waals surface area contributed by atoms with Crippen LogP contribution in [-0.4, -0.2) is 45.4 Å². The van der Waals surface area contributed by atoms with Crippen molar-refractivity contribution in [1.82, 2.24) is 25.2 Å². The Labute approximate surface area is 166 Å². The third kappa shape index (κ3) is 3.68. The molecule has 4 rings (SSSR count). The first-order valence-electron chi connectivity index (χ1n) is 8.78. The molecule has 0 aliphatic carbocycles. The van der Waals surface area contributed by atoms with E-state index in [2.05, 4.69) is 20.4 Å². The minimum Gasteiger partial charge on any atom is -0.496 e. The number of hydrogen-bond acceptors (Lipinski definition) is 7. The summed E-state index contributed by atoms with van der Waals surface area (Å²) in [5.41, 5.74) is 3.61. The Morgan fingerprint density at radius 3 is 2.52 bits per heavy atom. The van der Waals surface area contributed by atoms with Crippen LogP contribution in [0.25, 0.3) is 28.3 Å². The van der Waals surface area contributed by atoms with Gasteiger partial charge in [0, 0.05) is 17.8 Å². The van der Waals surface area contributed by atoms with E-state index in [9.17, 15) is 4.79 Å². The summed E-state index contributed by atoms with van der Waals surface area (Å²) in [6, 6.07) is 18.2. The highest BCUT2D eigenvalue weighted by molar-refractivity contribution is 5.90. The van der Waals surface area contributed by atoms with Gasteiger partial charge in [-0.15, -0.1) is 15.0 Å². The summed E-state index contributed by atoms with van der Waals surface area (Å²) in [7, 11) is 2.95. The van der Waals surface area contributed by atoms with Crippen LogP contribution in [0.3, 0.4) is 0 Å². The second-order valence-corrected chi connectivity index (χ2v) is 6.07. The number of nitrogens with zero attached hydrogens (tertiary/aromatic N) is 5. The molecule has 4 aromatic rings. The van der Waals surface area contributed by atoms with Crippen molar-refractivity contribution >= 4 is 5.97 Å². The second-order valence-electron chi connectivity index (χ2n) is 6.07. The van der Waals surface area contributed by atoms with E-state index in [0.717, 1.165) is 11.1 Å². The highest BCUT2D eigenvalue weighted by atomic mass is 16.5. The fourth-order valence-electron chi connectivity index (χ4n) is 2.87. The van der Waals surface area contributed by atoms with Crippen molar-refractivity contribution in [2.24, 2.45) is 0 Å². The predicted octanol–water partition coefficient (Wildman–Crippen LogP) is 3.19. The van der Waals surface area contributed by atoms with E-state index in [1.54, 1.807) is 25.4 Å². The lowest BCUT2D eigenvalue weighted by molar-refractivity contribution is 0.0601. The van der Waals surface area contributed by atoms with Crippen LogP contribution in [0.2, 0.25) is 0 Å². The van der Waals surface area contributed by atoms with Crippen LogP contribution in [-0.2, 0) is 4.74 Å². The number of pyridine rings is 1. The van der Waals surface area contributed by atoms with Crippen LogP contribution in [0.5, 0.6) is 5.75 Å². The van der Waals surface area contributed by atoms with Gasteiger partial charge >= 0.3 is 5.97 Å². The molecule has 0 atom stereocenters. The van der Waals surface area contributed by atoms with Crippen molar-refractivity contribution in [1.29, 1.82) is 0 Å². The fourth-order valence-corrected chi connectivity index (χ4v) is 2.87. The van der Waals surface area contributed by atoms with Crippen LogP contribution in [0.15, 0.2) is 66.9 Å². The molecule has 0 unspecified atom stereocenters. The standard InChI is InChI=1S/C21H17N5O3/c1-28-19-13-16(26-24-20(23-25-26)18-5-3-4-12-22-18)10-11-17(19)14-6-8-15(9-7-14)21(27)29-2/h3-13H,1-2H3. The first kappa shape index (κ1) is 18.3. The maximum Gasteiger partial charge on any atom is 0.337 e. The zero-order valence-electron chi connectivity index (χ0n) is 15.8. The van der Waals surface area contributed by atoms with Crippen molar-refractivity contribution in [3.63, 3.8) is 0 Å². The Bertz CT molecular complexity index is 1140. The molecule has 8 heteroatoms. The molecule has 0 amide bonds. The Morgan fingerprint density at radius 2 is 1.83 bits per heavy atom. The van der Waals surface area contributed by atoms with E-state index < -0.39 is 0 Å². The van der Waals surface area contributed by atoms with E-state index in [4.69, 9.17) is 9.47 Å². The summed E-state index contributed by atoms with van der Waals surface area (Å²) in [5, 5.41) is 12.6. The minimum atomic E-state index is -0.375. The zero-order valence-corrected chi connectivity index (χ0v) is 15.8. The fraction of sp³-hybridized carbons (Fsp3) is 0.0952. The lowest BCUT2D eigenvalue weighted by Crippen LogP contribution is -2.01. The van der Waals surface area contributed by atoms with Gasteiger partial charge in [-0.3, -0.25) is 4.98 Å². The lowest BCUT2D eigenvalue weighted by Gasteiger charge is -2.11. The normalized spacial score (nSPS) is 10.6. The molecule has 0 fully saturated rings. The lowest BCUT2D eigenvalue weighted by atomic mass is 10.0. The SMILES string of the molecule is COC(=O)c1ccc(-c2ccc(-n3nnc(-c4ccccn4)n3)cc2OC)cc1. The Morgan fingerprint density at radius 1 is 1.00 bits per heavy atom. The van der Waals surface area contributed by atoms with Gasteiger partial charge in [0.2, 0.25) is 5.82 Å². The van der Waals surface area contributed by atoms with Gasteiger partial charge < -0.3 is 9.47 Å². The molecular weight excluding hydrogens is 370 g/mol. The van der Waals surface area contributed by atoms with Crippen LogP contribution in [0, 0.1) is 0 Å². The summed E-state index contributed by atoms with van der Waals surface area (Å²) >= 11 is 0. The average Bonchev–Trinajstić information content (AvgIpc) is 3.29. The molecule has 8 nitrogen and oxygen atoms in total. The van der Waals surface area contributed by atoms with E-state index in [1.165, 1.54) is 11.9 Å². The molecule has 0 saturated heterocycles. The molecule has 0 saturated carbocycles. The molecule has 144 valence electrons. The van der Waals surface area contributed by atoms with Gasteiger partial charge in [0.05, 0.1) is 25.5 Å². The number of rotatable bonds is 5. The van der Waals surface area contributed by atoms with E-state index in [1.807, 2.05) is 48.5 Å². The molecule has 0 aliphatic heterocycles. The van der Waals surface area contributed by atoms with E-state index in [0.29, 0.717) is 28.5 Å². The van der Waals surface area contributed by atoms with Crippen molar-refractivity contribution < 1.29 is 14.3 Å². The van der Waals surface area contributed by atoms with Crippen molar-refractivity contribution in [3.05, 3.63) is 72.4 Å². The van der Waals surface area contributed by atoms with Gasteiger partial charge in [-0.05, 0) is 47.2 Å². The third-order valence-electron chi connectivity index (χ3n) is 4.34. The molecule has 0 bridgehead atoms. The molecule has 0 aliphatic rings. The number of hydrogen-bond donors (Lipinski definition) is 0. The number of carbonyl (C=O) groups excluding carboxylic acids is 1. The first-order chi connectivity index (χ1) is 14.2. The van der Waals surface area contributed by atoms with E-state index >= 15 is 0 Å². The predicted molar refractivity (Wildman–Crippen MR) is 106 cm³/mol. The molecular formula is C21H17N5O3. The highest BCUT2D eigenvalue weighted by Gasteiger charge is 2.13. The quantitative estimate of drug-likeness (QED) is 0.486. The zero-order chi connectivity index (χ0) is 20.2. The van der Waals surface area contributed by atoms with Crippen LogP contribution in [0.1, 0.15) is 10.4 Å². The molecule has 2 aromatic carbocycles. The number of methoxy groups -OCH3 is 2. The summed E-state index contributed by atoms with van der Waals surface area (Å²) < 4.78 is 10.3.